The van der Waals surface area contributed by atoms with Gasteiger partial charge in [-0.2, -0.15) is 4.98 Å². The molecule has 102 valence electrons. The van der Waals surface area contributed by atoms with Crippen molar-refractivity contribution >= 4 is 0 Å². The van der Waals surface area contributed by atoms with Crippen molar-refractivity contribution in [3.05, 3.63) is 52.5 Å². The number of benzene rings is 1. The zero-order chi connectivity index (χ0) is 14.1. The van der Waals surface area contributed by atoms with Crippen LogP contribution in [0.2, 0.25) is 0 Å². The van der Waals surface area contributed by atoms with Crippen molar-refractivity contribution in [2.24, 2.45) is 5.73 Å². The molecule has 3 N–H and O–H groups in total. The molecule has 0 atom stereocenters. The number of H-pyrrole nitrogens is 1. The van der Waals surface area contributed by atoms with Crippen molar-refractivity contribution < 1.29 is 4.52 Å². The molecule has 0 saturated heterocycles. The fraction of sp³-hybridized carbons (Fsp3) is 0.154. The monoisotopic (exact) mass is 271 g/mol. The first-order chi connectivity index (χ1) is 9.70. The number of aromatic amines is 1. The lowest BCUT2D eigenvalue weighted by molar-refractivity contribution is 0.380. The fourth-order valence-electron chi connectivity index (χ4n) is 2.06. The zero-order valence-corrected chi connectivity index (χ0v) is 10.8. The first-order valence-corrected chi connectivity index (χ1v) is 6.10. The van der Waals surface area contributed by atoms with Crippen molar-refractivity contribution in [1.82, 2.24) is 19.7 Å². The standard InChI is InChI=1S/C13H13N5O2/c1-8-7-15-13(19)18(8)10-5-3-2-4-9(10)12-16-11(6-14)20-17-12/h2-5,7H,6,14H2,1H3,(H,15,19). The van der Waals surface area contributed by atoms with Crippen molar-refractivity contribution in [2.45, 2.75) is 13.5 Å². The summed E-state index contributed by atoms with van der Waals surface area (Å²) in [6.45, 7) is 2.02. The molecule has 7 nitrogen and oxygen atoms in total. The van der Waals surface area contributed by atoms with Crippen LogP contribution < -0.4 is 11.4 Å². The number of imidazole rings is 1. The first kappa shape index (κ1) is 12.4. The fourth-order valence-corrected chi connectivity index (χ4v) is 2.06. The van der Waals surface area contributed by atoms with E-state index in [-0.39, 0.29) is 12.2 Å². The topological polar surface area (TPSA) is 103 Å². The Morgan fingerprint density at radius 1 is 1.40 bits per heavy atom. The number of aromatic nitrogens is 4. The molecular weight excluding hydrogens is 258 g/mol. The predicted molar refractivity (Wildman–Crippen MR) is 72.3 cm³/mol. The molecule has 7 heteroatoms. The van der Waals surface area contributed by atoms with Crippen LogP contribution >= 0.6 is 0 Å². The second kappa shape index (κ2) is 4.78. The van der Waals surface area contributed by atoms with Crippen LogP contribution in [-0.4, -0.2) is 19.7 Å². The van der Waals surface area contributed by atoms with Crippen LogP contribution in [0, 0.1) is 6.92 Å². The van der Waals surface area contributed by atoms with Crippen LogP contribution in [0.25, 0.3) is 17.1 Å². The van der Waals surface area contributed by atoms with Crippen molar-refractivity contribution in [2.75, 3.05) is 0 Å². The maximum absolute atomic E-state index is 11.9. The highest BCUT2D eigenvalue weighted by Crippen LogP contribution is 2.24. The molecule has 3 rings (SSSR count). The number of hydrogen-bond acceptors (Lipinski definition) is 5. The van der Waals surface area contributed by atoms with Gasteiger partial charge in [-0.15, -0.1) is 0 Å². The summed E-state index contributed by atoms with van der Waals surface area (Å²) in [4.78, 5) is 18.8. The Morgan fingerprint density at radius 2 is 2.20 bits per heavy atom. The molecule has 0 radical (unpaired) electrons. The Balaban J connectivity index is 2.21. The van der Waals surface area contributed by atoms with Gasteiger partial charge < -0.3 is 15.2 Å². The highest BCUT2D eigenvalue weighted by molar-refractivity contribution is 5.67. The van der Waals surface area contributed by atoms with E-state index in [1.54, 1.807) is 10.8 Å². The van der Waals surface area contributed by atoms with Crippen LogP contribution in [0.4, 0.5) is 0 Å². The van der Waals surface area contributed by atoms with Gasteiger partial charge in [-0.25, -0.2) is 4.79 Å². The Hall–Kier alpha value is -2.67. The van der Waals surface area contributed by atoms with Crippen molar-refractivity contribution in [1.29, 1.82) is 0 Å². The van der Waals surface area contributed by atoms with Crippen molar-refractivity contribution in [3.63, 3.8) is 0 Å². The molecule has 0 fully saturated rings. The molecule has 0 aliphatic rings. The maximum Gasteiger partial charge on any atom is 0.330 e. The number of para-hydroxylation sites is 1. The summed E-state index contributed by atoms with van der Waals surface area (Å²) in [5.41, 5.74) is 7.46. The van der Waals surface area contributed by atoms with Gasteiger partial charge in [0.05, 0.1) is 12.2 Å². The lowest BCUT2D eigenvalue weighted by Gasteiger charge is -2.07. The molecule has 0 saturated carbocycles. The van der Waals surface area contributed by atoms with Crippen LogP contribution in [0.1, 0.15) is 11.6 Å². The number of aryl methyl sites for hydroxylation is 1. The molecule has 0 unspecified atom stereocenters. The first-order valence-electron chi connectivity index (χ1n) is 6.10. The van der Waals surface area contributed by atoms with Gasteiger partial charge >= 0.3 is 5.69 Å². The highest BCUT2D eigenvalue weighted by atomic mass is 16.5. The Bertz CT molecular complexity index is 799. The molecule has 0 amide bonds. The van der Waals surface area contributed by atoms with E-state index in [9.17, 15) is 4.79 Å². The van der Waals surface area contributed by atoms with Gasteiger partial charge in [-0.1, -0.05) is 17.3 Å². The summed E-state index contributed by atoms with van der Waals surface area (Å²) >= 11 is 0. The second-order valence-electron chi connectivity index (χ2n) is 4.30. The van der Waals surface area contributed by atoms with E-state index in [1.165, 1.54) is 0 Å². The Labute approximate surface area is 114 Å². The largest absolute Gasteiger partial charge is 0.338 e. The van der Waals surface area contributed by atoms with Crippen LogP contribution in [0.5, 0.6) is 0 Å². The molecule has 0 aliphatic heterocycles. The van der Waals surface area contributed by atoms with E-state index in [1.807, 2.05) is 31.2 Å². The minimum atomic E-state index is -0.211. The Morgan fingerprint density at radius 3 is 2.85 bits per heavy atom. The lowest BCUT2D eigenvalue weighted by atomic mass is 10.1. The van der Waals surface area contributed by atoms with Gasteiger partial charge in [0.2, 0.25) is 11.7 Å². The molecule has 0 spiro atoms. The molecule has 0 aliphatic carbocycles. The van der Waals surface area contributed by atoms with E-state index >= 15 is 0 Å². The Kier molecular flexibility index (Phi) is 2.96. The number of nitrogens with one attached hydrogen (secondary N) is 1. The minimum Gasteiger partial charge on any atom is -0.338 e. The number of hydrogen-bond donors (Lipinski definition) is 2. The number of nitrogens with two attached hydrogens (primary N) is 1. The average molecular weight is 271 g/mol. The summed E-state index contributed by atoms with van der Waals surface area (Å²) < 4.78 is 6.58. The van der Waals surface area contributed by atoms with Crippen LogP contribution in [-0.2, 0) is 6.54 Å². The smallest absolute Gasteiger partial charge is 0.330 e. The molecule has 0 bridgehead atoms. The van der Waals surface area contributed by atoms with Gasteiger partial charge in [0, 0.05) is 17.5 Å². The zero-order valence-electron chi connectivity index (χ0n) is 10.8. The SMILES string of the molecule is Cc1c[nH]c(=O)n1-c1ccccc1-c1noc(CN)n1. The molecular formula is C13H13N5O2. The lowest BCUT2D eigenvalue weighted by Crippen LogP contribution is -2.16. The third kappa shape index (κ3) is 1.94. The van der Waals surface area contributed by atoms with Gasteiger partial charge in [0.25, 0.3) is 0 Å². The van der Waals surface area contributed by atoms with E-state index in [4.69, 9.17) is 10.3 Å². The van der Waals surface area contributed by atoms with Crippen LogP contribution in [0.3, 0.4) is 0 Å². The molecule has 1 aromatic carbocycles. The summed E-state index contributed by atoms with van der Waals surface area (Å²) in [7, 11) is 0. The van der Waals surface area contributed by atoms with E-state index in [0.717, 1.165) is 5.69 Å². The normalized spacial score (nSPS) is 10.9. The molecule has 20 heavy (non-hydrogen) atoms. The summed E-state index contributed by atoms with van der Waals surface area (Å²) in [6.07, 6.45) is 1.65. The molecule has 2 aromatic heterocycles. The van der Waals surface area contributed by atoms with Gasteiger partial charge in [-0.05, 0) is 19.1 Å². The number of rotatable bonds is 3. The van der Waals surface area contributed by atoms with E-state index < -0.39 is 0 Å². The molecule has 3 aromatic rings. The van der Waals surface area contributed by atoms with Gasteiger partial charge in [-0.3, -0.25) is 4.57 Å². The number of nitrogens with zero attached hydrogens (tertiary/aromatic N) is 3. The predicted octanol–water partition coefficient (Wildman–Crippen LogP) is 0.983. The van der Waals surface area contributed by atoms with Gasteiger partial charge in [0.1, 0.15) is 0 Å². The van der Waals surface area contributed by atoms with Crippen molar-refractivity contribution in [3.8, 4) is 17.1 Å². The second-order valence-corrected chi connectivity index (χ2v) is 4.30. The summed E-state index contributed by atoms with van der Waals surface area (Å²) in [5, 5.41) is 3.90. The minimum absolute atomic E-state index is 0.179. The molecule has 2 heterocycles. The van der Waals surface area contributed by atoms with Gasteiger partial charge in [0.15, 0.2) is 0 Å². The quantitative estimate of drug-likeness (QED) is 0.739. The third-order valence-electron chi connectivity index (χ3n) is 2.99. The van der Waals surface area contributed by atoms with E-state index in [2.05, 4.69) is 15.1 Å². The highest BCUT2D eigenvalue weighted by Gasteiger charge is 2.15. The maximum atomic E-state index is 11.9. The average Bonchev–Trinajstić information content (AvgIpc) is 3.06. The summed E-state index contributed by atoms with van der Waals surface area (Å²) in [5.74, 6) is 0.765. The van der Waals surface area contributed by atoms with Crippen LogP contribution in [0.15, 0.2) is 39.8 Å². The van der Waals surface area contributed by atoms with E-state index in [0.29, 0.717) is 23.0 Å². The summed E-state index contributed by atoms with van der Waals surface area (Å²) in [6, 6.07) is 7.36. The third-order valence-corrected chi connectivity index (χ3v) is 2.99.